The van der Waals surface area contributed by atoms with E-state index in [1.165, 1.54) is 0 Å². The van der Waals surface area contributed by atoms with E-state index in [4.69, 9.17) is 5.26 Å². The monoisotopic (exact) mass is 262 g/mol. The first-order valence-electron chi connectivity index (χ1n) is 5.75. The standard InChI is InChI=1S/C11H22N2O3S/c1-5-10(7-12)17(15,16)13-8-11(4,14)6-9(2)3/h9-10,13-14H,5-6,8H2,1-4H3. The summed E-state index contributed by atoms with van der Waals surface area (Å²) in [6.07, 6.45) is 0.733. The molecule has 0 bridgehead atoms. The highest BCUT2D eigenvalue weighted by Crippen LogP contribution is 2.16. The Bertz CT molecular complexity index is 369. The van der Waals surface area contributed by atoms with Gasteiger partial charge in [0.15, 0.2) is 5.25 Å². The van der Waals surface area contributed by atoms with Gasteiger partial charge < -0.3 is 5.11 Å². The Labute approximate surface area is 104 Å². The molecule has 17 heavy (non-hydrogen) atoms. The van der Waals surface area contributed by atoms with Crippen molar-refractivity contribution in [1.82, 2.24) is 4.72 Å². The number of rotatable bonds is 7. The Morgan fingerprint density at radius 2 is 2.00 bits per heavy atom. The molecule has 0 aromatic carbocycles. The topological polar surface area (TPSA) is 90.2 Å². The molecule has 0 amide bonds. The summed E-state index contributed by atoms with van der Waals surface area (Å²) in [5.41, 5.74) is -1.09. The number of aliphatic hydroxyl groups is 1. The molecule has 100 valence electrons. The maximum absolute atomic E-state index is 11.7. The van der Waals surface area contributed by atoms with Crippen molar-refractivity contribution >= 4 is 10.0 Å². The molecule has 5 nitrogen and oxygen atoms in total. The minimum atomic E-state index is -3.66. The Balaban J connectivity index is 4.52. The second-order valence-electron chi connectivity index (χ2n) is 4.99. The third-order valence-corrected chi connectivity index (χ3v) is 4.13. The van der Waals surface area contributed by atoms with Crippen molar-refractivity contribution in [2.75, 3.05) is 6.54 Å². The van der Waals surface area contributed by atoms with Crippen molar-refractivity contribution in [2.24, 2.45) is 5.92 Å². The van der Waals surface area contributed by atoms with Crippen LogP contribution < -0.4 is 4.72 Å². The third kappa shape index (κ3) is 6.01. The Morgan fingerprint density at radius 3 is 2.35 bits per heavy atom. The summed E-state index contributed by atoms with van der Waals surface area (Å²) in [7, 11) is -3.66. The fraction of sp³-hybridized carbons (Fsp3) is 0.909. The van der Waals surface area contributed by atoms with Crippen LogP contribution in [0, 0.1) is 17.2 Å². The van der Waals surface area contributed by atoms with E-state index < -0.39 is 20.9 Å². The Hall–Kier alpha value is -0.640. The number of sulfonamides is 1. The lowest BCUT2D eigenvalue weighted by atomic mass is 9.95. The summed E-state index contributed by atoms with van der Waals surface area (Å²) in [4.78, 5) is 0. The lowest BCUT2D eigenvalue weighted by molar-refractivity contribution is 0.0436. The number of hydrogen-bond donors (Lipinski definition) is 2. The van der Waals surface area contributed by atoms with Crippen LogP contribution in [0.25, 0.3) is 0 Å². The SMILES string of the molecule is CCC(C#N)S(=O)(=O)NCC(C)(O)CC(C)C. The van der Waals surface area contributed by atoms with Gasteiger partial charge in [0.2, 0.25) is 10.0 Å². The fourth-order valence-electron chi connectivity index (χ4n) is 1.69. The Morgan fingerprint density at radius 1 is 1.47 bits per heavy atom. The highest BCUT2D eigenvalue weighted by molar-refractivity contribution is 7.90. The average molecular weight is 262 g/mol. The van der Waals surface area contributed by atoms with E-state index in [0.717, 1.165) is 0 Å². The van der Waals surface area contributed by atoms with Gasteiger partial charge in [0, 0.05) is 6.54 Å². The molecule has 0 aliphatic rings. The third-order valence-electron chi connectivity index (χ3n) is 2.39. The second-order valence-corrected chi connectivity index (χ2v) is 6.93. The zero-order valence-electron chi connectivity index (χ0n) is 10.9. The van der Waals surface area contributed by atoms with Gasteiger partial charge in [0.25, 0.3) is 0 Å². The minimum Gasteiger partial charge on any atom is -0.389 e. The number of hydrogen-bond acceptors (Lipinski definition) is 4. The molecule has 0 saturated carbocycles. The number of nitriles is 1. The van der Waals surface area contributed by atoms with Crippen LogP contribution in [-0.4, -0.2) is 30.9 Å². The zero-order chi connectivity index (χ0) is 13.7. The fourth-order valence-corrected chi connectivity index (χ4v) is 2.98. The van der Waals surface area contributed by atoms with Crippen LogP contribution in [0.1, 0.15) is 40.5 Å². The average Bonchev–Trinajstić information content (AvgIpc) is 2.15. The van der Waals surface area contributed by atoms with Crippen LogP contribution in [-0.2, 0) is 10.0 Å². The van der Waals surface area contributed by atoms with Crippen molar-refractivity contribution < 1.29 is 13.5 Å². The molecule has 0 radical (unpaired) electrons. The van der Waals surface area contributed by atoms with Crippen molar-refractivity contribution in [3.8, 4) is 6.07 Å². The van der Waals surface area contributed by atoms with E-state index in [2.05, 4.69) is 4.72 Å². The van der Waals surface area contributed by atoms with Gasteiger partial charge >= 0.3 is 0 Å². The summed E-state index contributed by atoms with van der Waals surface area (Å²) < 4.78 is 25.7. The Kier molecular flexibility index (Phi) is 6.10. The van der Waals surface area contributed by atoms with Gasteiger partial charge in [-0.1, -0.05) is 20.8 Å². The molecule has 0 saturated heterocycles. The maximum Gasteiger partial charge on any atom is 0.228 e. The van der Waals surface area contributed by atoms with E-state index in [1.807, 2.05) is 13.8 Å². The van der Waals surface area contributed by atoms with E-state index >= 15 is 0 Å². The van der Waals surface area contributed by atoms with Crippen LogP contribution in [0.5, 0.6) is 0 Å². The molecule has 0 aliphatic heterocycles. The smallest absolute Gasteiger partial charge is 0.228 e. The van der Waals surface area contributed by atoms with Gasteiger partial charge in [-0.05, 0) is 25.7 Å². The predicted molar refractivity (Wildman–Crippen MR) is 66.7 cm³/mol. The molecule has 0 aliphatic carbocycles. The first-order chi connectivity index (χ1) is 7.64. The summed E-state index contributed by atoms with van der Waals surface area (Å²) >= 11 is 0. The van der Waals surface area contributed by atoms with Crippen molar-refractivity contribution in [2.45, 2.75) is 51.4 Å². The van der Waals surface area contributed by atoms with E-state index in [9.17, 15) is 13.5 Å². The lowest BCUT2D eigenvalue weighted by Crippen LogP contribution is -2.44. The molecule has 0 aromatic rings. The maximum atomic E-state index is 11.7. The van der Waals surface area contributed by atoms with Gasteiger partial charge in [0.1, 0.15) is 0 Å². The van der Waals surface area contributed by atoms with Crippen LogP contribution >= 0.6 is 0 Å². The normalized spacial score (nSPS) is 17.5. The molecule has 0 spiro atoms. The van der Waals surface area contributed by atoms with Crippen LogP contribution in [0.2, 0.25) is 0 Å². The molecule has 2 N–H and O–H groups in total. The highest BCUT2D eigenvalue weighted by atomic mass is 32.2. The van der Waals surface area contributed by atoms with Crippen molar-refractivity contribution in [3.05, 3.63) is 0 Å². The van der Waals surface area contributed by atoms with Crippen LogP contribution in [0.15, 0.2) is 0 Å². The summed E-state index contributed by atoms with van der Waals surface area (Å²) in [5.74, 6) is 0.271. The molecule has 2 atom stereocenters. The molecular weight excluding hydrogens is 240 g/mol. The van der Waals surface area contributed by atoms with Gasteiger partial charge in [-0.15, -0.1) is 0 Å². The van der Waals surface area contributed by atoms with E-state index in [-0.39, 0.29) is 18.9 Å². The summed E-state index contributed by atoms with van der Waals surface area (Å²) in [6.45, 7) is 7.06. The van der Waals surface area contributed by atoms with Crippen LogP contribution in [0.4, 0.5) is 0 Å². The van der Waals surface area contributed by atoms with Gasteiger partial charge in [0.05, 0.1) is 11.7 Å². The van der Waals surface area contributed by atoms with Crippen molar-refractivity contribution in [1.29, 1.82) is 5.26 Å². The molecule has 0 fully saturated rings. The largest absolute Gasteiger partial charge is 0.389 e. The minimum absolute atomic E-state index is 0.0638. The lowest BCUT2D eigenvalue weighted by Gasteiger charge is -2.26. The molecule has 6 heteroatoms. The molecule has 0 rings (SSSR count). The summed E-state index contributed by atoms with van der Waals surface area (Å²) in [5, 5.41) is 17.6. The van der Waals surface area contributed by atoms with Gasteiger partial charge in [-0.3, -0.25) is 0 Å². The molecule has 0 aromatic heterocycles. The predicted octanol–water partition coefficient (Wildman–Crippen LogP) is 1.01. The van der Waals surface area contributed by atoms with Gasteiger partial charge in [-0.25, -0.2) is 13.1 Å². The number of nitrogens with one attached hydrogen (secondary N) is 1. The quantitative estimate of drug-likeness (QED) is 0.716. The first-order valence-corrected chi connectivity index (χ1v) is 7.29. The second kappa shape index (κ2) is 6.34. The molecular formula is C11H22N2O3S. The summed E-state index contributed by atoms with van der Waals surface area (Å²) in [6, 6.07) is 1.74. The molecule has 2 unspecified atom stereocenters. The highest BCUT2D eigenvalue weighted by Gasteiger charge is 2.28. The number of nitrogens with zero attached hydrogens (tertiary/aromatic N) is 1. The molecule has 0 heterocycles. The first kappa shape index (κ1) is 16.4. The van der Waals surface area contributed by atoms with E-state index in [1.54, 1.807) is 19.9 Å². The van der Waals surface area contributed by atoms with Crippen LogP contribution in [0.3, 0.4) is 0 Å². The van der Waals surface area contributed by atoms with Crippen molar-refractivity contribution in [3.63, 3.8) is 0 Å². The van der Waals surface area contributed by atoms with E-state index in [0.29, 0.717) is 6.42 Å². The zero-order valence-corrected chi connectivity index (χ0v) is 11.7. The van der Waals surface area contributed by atoms with Gasteiger partial charge in [-0.2, -0.15) is 5.26 Å².